The standard InChI is InChI=1S/C26H26N6O/c1-31-16-18(13-30-31)23-11-17-3-2-4-20(21(17)15-29-23)26-22-14-28-8-5-24(22)32(25(26)12-27)19-6-9-33-10-7-19/h2-4,11,13,15-16,19,28H,5-10,14H2,1H3. The Hall–Kier alpha value is -3.47. The van der Waals surface area contributed by atoms with E-state index in [1.807, 2.05) is 25.6 Å². The first-order chi connectivity index (χ1) is 16.2. The van der Waals surface area contributed by atoms with E-state index in [-0.39, 0.29) is 0 Å². The SMILES string of the molecule is Cn1cc(-c2cc3cccc(-c4c5c(n(C6CCOCC6)c4C#N)CCNC5)c3cn2)cn1. The van der Waals surface area contributed by atoms with E-state index in [0.29, 0.717) is 6.04 Å². The molecule has 6 rings (SSSR count). The molecular weight excluding hydrogens is 412 g/mol. The molecule has 7 nitrogen and oxygen atoms in total. The highest BCUT2D eigenvalue weighted by atomic mass is 16.5. The molecular formula is C26H26N6O. The van der Waals surface area contributed by atoms with Gasteiger partial charge in [0.2, 0.25) is 0 Å². The second-order valence-corrected chi connectivity index (χ2v) is 8.90. The molecule has 1 saturated heterocycles. The van der Waals surface area contributed by atoms with Crippen molar-refractivity contribution in [2.24, 2.45) is 7.05 Å². The van der Waals surface area contributed by atoms with Gasteiger partial charge in [-0.15, -0.1) is 0 Å². The average Bonchev–Trinajstić information content (AvgIpc) is 3.45. The lowest BCUT2D eigenvalue weighted by atomic mass is 9.94. The maximum atomic E-state index is 10.4. The first kappa shape index (κ1) is 20.2. The summed E-state index contributed by atoms with van der Waals surface area (Å²) in [6, 6.07) is 11.4. The number of benzene rings is 1. The number of fused-ring (bicyclic) bond motifs is 2. The second-order valence-electron chi connectivity index (χ2n) is 8.90. The lowest BCUT2D eigenvalue weighted by Crippen LogP contribution is -2.28. The van der Waals surface area contributed by atoms with Gasteiger partial charge in [0, 0.05) is 80.4 Å². The number of aryl methyl sites for hydroxylation is 1. The Labute approximate surface area is 192 Å². The maximum Gasteiger partial charge on any atom is 0.128 e. The average molecular weight is 439 g/mol. The summed E-state index contributed by atoms with van der Waals surface area (Å²) >= 11 is 0. The Bertz CT molecular complexity index is 1390. The van der Waals surface area contributed by atoms with Crippen molar-refractivity contribution in [3.05, 3.63) is 59.8 Å². The highest BCUT2D eigenvalue weighted by molar-refractivity contribution is 5.99. The van der Waals surface area contributed by atoms with Gasteiger partial charge in [-0.1, -0.05) is 18.2 Å². The number of nitrogens with one attached hydrogen (secondary N) is 1. The molecule has 1 aromatic carbocycles. The summed E-state index contributed by atoms with van der Waals surface area (Å²) in [7, 11) is 1.91. The summed E-state index contributed by atoms with van der Waals surface area (Å²) in [5.41, 5.74) is 7.39. The molecule has 0 bridgehead atoms. The minimum Gasteiger partial charge on any atom is -0.381 e. The molecule has 0 radical (unpaired) electrons. The van der Waals surface area contributed by atoms with Gasteiger partial charge in [0.1, 0.15) is 11.8 Å². The first-order valence-corrected chi connectivity index (χ1v) is 11.6. The molecule has 0 unspecified atom stereocenters. The molecule has 0 amide bonds. The Morgan fingerprint density at radius 2 is 2.09 bits per heavy atom. The van der Waals surface area contributed by atoms with Crippen molar-refractivity contribution in [3.63, 3.8) is 0 Å². The molecule has 0 saturated carbocycles. The molecule has 0 spiro atoms. The van der Waals surface area contributed by atoms with Crippen LogP contribution >= 0.6 is 0 Å². The van der Waals surface area contributed by atoms with Crippen molar-refractivity contribution in [2.45, 2.75) is 31.8 Å². The topological polar surface area (TPSA) is 80.7 Å². The third-order valence-electron chi connectivity index (χ3n) is 6.96. The van der Waals surface area contributed by atoms with Crippen LogP contribution in [0.3, 0.4) is 0 Å². The molecule has 1 N–H and O–H groups in total. The summed E-state index contributed by atoms with van der Waals surface area (Å²) in [6.07, 6.45) is 8.60. The van der Waals surface area contributed by atoms with E-state index in [9.17, 15) is 5.26 Å². The van der Waals surface area contributed by atoms with Crippen LogP contribution in [0.15, 0.2) is 42.9 Å². The fraction of sp³-hybridized carbons (Fsp3) is 0.346. The van der Waals surface area contributed by atoms with E-state index in [4.69, 9.17) is 9.72 Å². The van der Waals surface area contributed by atoms with Crippen molar-refractivity contribution in [2.75, 3.05) is 19.8 Å². The molecule has 0 atom stereocenters. The zero-order valence-electron chi connectivity index (χ0n) is 18.7. The van der Waals surface area contributed by atoms with Crippen LogP contribution in [0.1, 0.15) is 35.8 Å². The van der Waals surface area contributed by atoms with Crippen LogP contribution in [0.25, 0.3) is 33.2 Å². The third kappa shape index (κ3) is 3.34. The number of pyridine rings is 1. The first-order valence-electron chi connectivity index (χ1n) is 11.6. The van der Waals surface area contributed by atoms with E-state index >= 15 is 0 Å². The van der Waals surface area contributed by atoms with E-state index < -0.39 is 0 Å². The van der Waals surface area contributed by atoms with Crippen molar-refractivity contribution >= 4 is 10.8 Å². The van der Waals surface area contributed by atoms with Crippen LogP contribution in [-0.4, -0.2) is 39.1 Å². The molecule has 2 aliphatic heterocycles. The van der Waals surface area contributed by atoms with Crippen LogP contribution in [0.5, 0.6) is 0 Å². The summed E-state index contributed by atoms with van der Waals surface area (Å²) in [5, 5.41) is 20.3. The van der Waals surface area contributed by atoms with E-state index in [1.54, 1.807) is 4.68 Å². The van der Waals surface area contributed by atoms with Gasteiger partial charge in [-0.25, -0.2) is 0 Å². The zero-order valence-corrected chi connectivity index (χ0v) is 18.7. The number of rotatable bonds is 3. The highest BCUT2D eigenvalue weighted by Gasteiger charge is 2.30. The number of ether oxygens (including phenoxy) is 1. The van der Waals surface area contributed by atoms with E-state index in [1.165, 1.54) is 11.3 Å². The van der Waals surface area contributed by atoms with Crippen LogP contribution < -0.4 is 5.32 Å². The van der Waals surface area contributed by atoms with Gasteiger partial charge in [0.05, 0.1) is 11.9 Å². The predicted molar refractivity (Wildman–Crippen MR) is 127 cm³/mol. The van der Waals surface area contributed by atoms with Crippen LogP contribution in [0.4, 0.5) is 0 Å². The molecule has 7 heteroatoms. The third-order valence-corrected chi connectivity index (χ3v) is 6.96. The van der Waals surface area contributed by atoms with Crippen LogP contribution in [0, 0.1) is 11.3 Å². The molecule has 3 aromatic heterocycles. The molecule has 4 aromatic rings. The van der Waals surface area contributed by atoms with Gasteiger partial charge < -0.3 is 14.6 Å². The predicted octanol–water partition coefficient (Wildman–Crippen LogP) is 3.97. The molecule has 166 valence electrons. The smallest absolute Gasteiger partial charge is 0.128 e. The normalized spacial score (nSPS) is 16.6. The van der Waals surface area contributed by atoms with Crippen molar-refractivity contribution in [1.29, 1.82) is 5.26 Å². The number of nitrogens with zero attached hydrogens (tertiary/aromatic N) is 5. The minimum atomic E-state index is 0.319. The summed E-state index contributed by atoms with van der Waals surface area (Å²) in [4.78, 5) is 4.77. The summed E-state index contributed by atoms with van der Waals surface area (Å²) in [6.45, 7) is 3.24. The fourth-order valence-electron chi connectivity index (χ4n) is 5.42. The molecule has 1 fully saturated rings. The second kappa shape index (κ2) is 8.14. The monoisotopic (exact) mass is 438 g/mol. The van der Waals surface area contributed by atoms with E-state index in [2.05, 4.69) is 45.3 Å². The number of nitriles is 1. The van der Waals surface area contributed by atoms with Crippen molar-refractivity contribution in [3.8, 4) is 28.5 Å². The molecule has 33 heavy (non-hydrogen) atoms. The Morgan fingerprint density at radius 1 is 1.21 bits per heavy atom. The van der Waals surface area contributed by atoms with Crippen LogP contribution in [-0.2, 0) is 24.8 Å². The van der Waals surface area contributed by atoms with Gasteiger partial charge in [0.15, 0.2) is 0 Å². The van der Waals surface area contributed by atoms with Gasteiger partial charge >= 0.3 is 0 Å². The minimum absolute atomic E-state index is 0.319. The van der Waals surface area contributed by atoms with Crippen molar-refractivity contribution in [1.82, 2.24) is 24.6 Å². The van der Waals surface area contributed by atoms with Crippen LogP contribution in [0.2, 0.25) is 0 Å². The summed E-state index contributed by atoms with van der Waals surface area (Å²) < 4.78 is 9.74. The maximum absolute atomic E-state index is 10.4. The molecule has 5 heterocycles. The van der Waals surface area contributed by atoms with Gasteiger partial charge in [-0.2, -0.15) is 10.4 Å². The molecule has 2 aliphatic rings. The lowest BCUT2D eigenvalue weighted by Gasteiger charge is -2.27. The Morgan fingerprint density at radius 3 is 2.88 bits per heavy atom. The largest absolute Gasteiger partial charge is 0.381 e. The van der Waals surface area contributed by atoms with Gasteiger partial charge in [-0.3, -0.25) is 9.67 Å². The summed E-state index contributed by atoms with van der Waals surface area (Å²) in [5.74, 6) is 0. The number of aromatic nitrogens is 4. The quantitative estimate of drug-likeness (QED) is 0.523. The Balaban J connectivity index is 1.55. The Kier molecular flexibility index (Phi) is 4.97. The number of hydrogen-bond donors (Lipinski definition) is 1. The lowest BCUT2D eigenvalue weighted by molar-refractivity contribution is 0.0687. The number of hydrogen-bond acceptors (Lipinski definition) is 5. The highest BCUT2D eigenvalue weighted by Crippen LogP contribution is 2.41. The van der Waals surface area contributed by atoms with Gasteiger partial charge in [-0.05, 0) is 35.4 Å². The fourth-order valence-corrected chi connectivity index (χ4v) is 5.42. The van der Waals surface area contributed by atoms with Crippen molar-refractivity contribution < 1.29 is 4.74 Å². The zero-order chi connectivity index (χ0) is 22.4. The molecule has 0 aliphatic carbocycles. The van der Waals surface area contributed by atoms with Gasteiger partial charge in [0.25, 0.3) is 0 Å². The van der Waals surface area contributed by atoms with E-state index in [0.717, 1.165) is 84.4 Å².